The SMILES string of the molecule is CC(C(=O)Cc1cnc(N)nc1)C1C[C@H]2CC(c3ccnc4ccc(F)cc34)C[C@H]2C1. The number of nitrogens with zero attached hydrogens (tertiary/aromatic N) is 3. The van der Waals surface area contributed by atoms with Crippen molar-refractivity contribution in [2.24, 2.45) is 23.7 Å². The summed E-state index contributed by atoms with van der Waals surface area (Å²) in [5.41, 5.74) is 8.44. The summed E-state index contributed by atoms with van der Waals surface area (Å²) in [5.74, 6) is 2.48. The Hall–Kier alpha value is -2.89. The minimum atomic E-state index is -0.209. The number of carbonyl (C=O) groups excluding carboxylic acids is 1. The van der Waals surface area contributed by atoms with E-state index in [4.69, 9.17) is 5.73 Å². The van der Waals surface area contributed by atoms with Crippen LogP contribution in [0.25, 0.3) is 10.9 Å². The van der Waals surface area contributed by atoms with Gasteiger partial charge in [-0.1, -0.05) is 6.92 Å². The number of Topliss-reactive ketones (excluding diaryl/α,β-unsaturated/α-hetero) is 1. The summed E-state index contributed by atoms with van der Waals surface area (Å²) < 4.78 is 13.9. The van der Waals surface area contributed by atoms with E-state index in [2.05, 4.69) is 27.9 Å². The van der Waals surface area contributed by atoms with Crippen LogP contribution in [0.5, 0.6) is 0 Å². The van der Waals surface area contributed by atoms with Gasteiger partial charge in [0.05, 0.1) is 5.52 Å². The second-order valence-electron chi connectivity index (χ2n) is 9.36. The molecule has 2 fully saturated rings. The van der Waals surface area contributed by atoms with Crippen LogP contribution in [0.3, 0.4) is 0 Å². The Labute approximate surface area is 181 Å². The molecule has 2 aliphatic rings. The number of ketones is 1. The smallest absolute Gasteiger partial charge is 0.219 e. The van der Waals surface area contributed by atoms with E-state index in [1.54, 1.807) is 24.5 Å². The Morgan fingerprint density at radius 2 is 1.81 bits per heavy atom. The molecule has 6 heteroatoms. The molecule has 1 aromatic carbocycles. The highest BCUT2D eigenvalue weighted by atomic mass is 19.1. The first-order chi connectivity index (χ1) is 15.0. The molecule has 31 heavy (non-hydrogen) atoms. The second kappa shape index (κ2) is 7.98. The van der Waals surface area contributed by atoms with Crippen molar-refractivity contribution in [3.8, 4) is 0 Å². The standard InChI is InChI=1S/C25H27FN4O/c1-14(24(31)6-15-12-29-25(27)30-13-15)16-7-17-9-19(10-18(17)8-16)21-4-5-28-23-3-2-20(26)11-22(21)23/h2-5,11-14,16-19H,6-10H2,1H3,(H2,27,29,30)/t14?,16?,17-,18+,19?. The van der Waals surface area contributed by atoms with Crippen LogP contribution >= 0.6 is 0 Å². The maximum atomic E-state index is 13.9. The Morgan fingerprint density at radius 1 is 1.10 bits per heavy atom. The normalized spacial score (nSPS) is 26.1. The fraction of sp³-hybridized carbons (Fsp3) is 0.440. The van der Waals surface area contributed by atoms with Gasteiger partial charge < -0.3 is 5.73 Å². The van der Waals surface area contributed by atoms with E-state index < -0.39 is 0 Å². The molecule has 0 spiro atoms. The summed E-state index contributed by atoms with van der Waals surface area (Å²) >= 11 is 0. The van der Waals surface area contributed by atoms with Crippen molar-refractivity contribution < 1.29 is 9.18 Å². The lowest BCUT2D eigenvalue weighted by molar-refractivity contribution is -0.123. The largest absolute Gasteiger partial charge is 0.368 e. The summed E-state index contributed by atoms with van der Waals surface area (Å²) in [5, 5.41) is 0.943. The van der Waals surface area contributed by atoms with Gasteiger partial charge in [-0.2, -0.15) is 0 Å². The number of rotatable bonds is 5. The molecule has 0 aliphatic heterocycles. The maximum Gasteiger partial charge on any atom is 0.219 e. The van der Waals surface area contributed by atoms with E-state index in [1.165, 1.54) is 11.6 Å². The van der Waals surface area contributed by atoms with Gasteiger partial charge in [0.15, 0.2) is 0 Å². The minimum absolute atomic E-state index is 0.0393. The van der Waals surface area contributed by atoms with Crippen LogP contribution in [0.2, 0.25) is 0 Å². The number of aromatic nitrogens is 3. The van der Waals surface area contributed by atoms with Crippen molar-refractivity contribution >= 4 is 22.6 Å². The molecule has 5 nitrogen and oxygen atoms in total. The number of halogens is 1. The third-order valence-electron chi connectivity index (χ3n) is 7.55. The summed E-state index contributed by atoms with van der Waals surface area (Å²) in [7, 11) is 0. The molecule has 2 aliphatic carbocycles. The van der Waals surface area contributed by atoms with Gasteiger partial charge in [0.1, 0.15) is 11.6 Å². The van der Waals surface area contributed by atoms with Gasteiger partial charge in [-0.15, -0.1) is 0 Å². The van der Waals surface area contributed by atoms with Gasteiger partial charge in [-0.25, -0.2) is 14.4 Å². The number of benzene rings is 1. The van der Waals surface area contributed by atoms with Crippen molar-refractivity contribution in [1.82, 2.24) is 15.0 Å². The zero-order valence-corrected chi connectivity index (χ0v) is 17.7. The summed E-state index contributed by atoms with van der Waals surface area (Å²) in [4.78, 5) is 25.2. The fourth-order valence-corrected chi connectivity index (χ4v) is 5.90. The lowest BCUT2D eigenvalue weighted by Crippen LogP contribution is -2.22. The minimum Gasteiger partial charge on any atom is -0.368 e. The summed E-state index contributed by atoms with van der Waals surface area (Å²) in [6.45, 7) is 2.07. The molecule has 5 atom stereocenters. The molecule has 2 heterocycles. The number of nitrogen functional groups attached to an aromatic ring is 1. The molecule has 0 amide bonds. The van der Waals surface area contributed by atoms with E-state index in [0.29, 0.717) is 30.1 Å². The molecule has 0 bridgehead atoms. The molecule has 160 valence electrons. The van der Waals surface area contributed by atoms with Gasteiger partial charge >= 0.3 is 0 Å². The van der Waals surface area contributed by atoms with Crippen LogP contribution in [0, 0.1) is 29.5 Å². The van der Waals surface area contributed by atoms with Gasteiger partial charge in [0.25, 0.3) is 0 Å². The van der Waals surface area contributed by atoms with Crippen LogP contribution in [0.4, 0.5) is 10.3 Å². The van der Waals surface area contributed by atoms with E-state index in [-0.39, 0.29) is 23.5 Å². The number of carbonyl (C=O) groups is 1. The second-order valence-corrected chi connectivity index (χ2v) is 9.36. The van der Waals surface area contributed by atoms with Gasteiger partial charge in [0.2, 0.25) is 5.95 Å². The average Bonchev–Trinajstić information content (AvgIpc) is 3.33. The Bertz CT molecular complexity index is 1100. The molecule has 2 aromatic heterocycles. The number of hydrogen-bond acceptors (Lipinski definition) is 5. The lowest BCUT2D eigenvalue weighted by atomic mass is 9.83. The highest BCUT2D eigenvalue weighted by Gasteiger charge is 2.44. The highest BCUT2D eigenvalue weighted by molar-refractivity contribution is 5.83. The van der Waals surface area contributed by atoms with E-state index in [0.717, 1.165) is 42.1 Å². The monoisotopic (exact) mass is 418 g/mol. The highest BCUT2D eigenvalue weighted by Crippen LogP contribution is 2.54. The number of fused-ring (bicyclic) bond motifs is 2. The third-order valence-corrected chi connectivity index (χ3v) is 7.55. The molecular formula is C25H27FN4O. The van der Waals surface area contributed by atoms with Crippen molar-refractivity contribution in [3.63, 3.8) is 0 Å². The quantitative estimate of drug-likeness (QED) is 0.649. The van der Waals surface area contributed by atoms with Crippen LogP contribution in [-0.2, 0) is 11.2 Å². The Balaban J connectivity index is 1.24. The van der Waals surface area contributed by atoms with Crippen molar-refractivity contribution in [3.05, 3.63) is 59.8 Å². The zero-order valence-electron chi connectivity index (χ0n) is 17.7. The topological polar surface area (TPSA) is 81.8 Å². The molecule has 3 aromatic rings. The maximum absolute atomic E-state index is 13.9. The van der Waals surface area contributed by atoms with Crippen LogP contribution in [0.1, 0.15) is 49.7 Å². The zero-order chi connectivity index (χ0) is 21.5. The molecule has 5 rings (SSSR count). The number of anilines is 1. The first kappa shape index (κ1) is 20.0. The Kier molecular flexibility index (Phi) is 5.16. The van der Waals surface area contributed by atoms with E-state index in [1.807, 2.05) is 6.20 Å². The number of pyridine rings is 1. The first-order valence-corrected chi connectivity index (χ1v) is 11.1. The Morgan fingerprint density at radius 3 is 2.52 bits per heavy atom. The van der Waals surface area contributed by atoms with E-state index in [9.17, 15) is 9.18 Å². The fourth-order valence-electron chi connectivity index (χ4n) is 5.90. The number of nitrogens with two attached hydrogens (primary N) is 1. The van der Waals surface area contributed by atoms with Crippen LogP contribution in [-0.4, -0.2) is 20.7 Å². The van der Waals surface area contributed by atoms with Crippen molar-refractivity contribution in [2.75, 3.05) is 5.73 Å². The van der Waals surface area contributed by atoms with Crippen molar-refractivity contribution in [2.45, 2.75) is 44.9 Å². The van der Waals surface area contributed by atoms with Gasteiger partial charge in [0, 0.05) is 36.3 Å². The predicted octanol–water partition coefficient (Wildman–Crippen LogP) is 4.71. The first-order valence-electron chi connectivity index (χ1n) is 11.1. The van der Waals surface area contributed by atoms with Crippen molar-refractivity contribution in [1.29, 1.82) is 0 Å². The van der Waals surface area contributed by atoms with E-state index >= 15 is 0 Å². The molecule has 2 saturated carbocycles. The van der Waals surface area contributed by atoms with Gasteiger partial charge in [-0.3, -0.25) is 9.78 Å². The molecular weight excluding hydrogens is 391 g/mol. The molecule has 0 radical (unpaired) electrons. The number of hydrogen-bond donors (Lipinski definition) is 1. The lowest BCUT2D eigenvalue weighted by Gasteiger charge is -2.21. The van der Waals surface area contributed by atoms with Crippen LogP contribution < -0.4 is 5.73 Å². The predicted molar refractivity (Wildman–Crippen MR) is 118 cm³/mol. The van der Waals surface area contributed by atoms with Gasteiger partial charge in [-0.05, 0) is 84.7 Å². The molecule has 2 N–H and O–H groups in total. The third kappa shape index (κ3) is 3.91. The summed E-state index contributed by atoms with van der Waals surface area (Å²) in [6.07, 6.45) is 9.92. The molecule has 0 saturated heterocycles. The van der Waals surface area contributed by atoms with Crippen LogP contribution in [0.15, 0.2) is 42.9 Å². The summed E-state index contributed by atoms with van der Waals surface area (Å²) in [6, 6.07) is 6.92. The molecule has 3 unspecified atom stereocenters. The average molecular weight is 419 g/mol.